The normalized spacial score (nSPS) is 29.5. The summed E-state index contributed by atoms with van der Waals surface area (Å²) in [5.74, 6) is -3.52. The Labute approximate surface area is 435 Å². The van der Waals surface area contributed by atoms with Crippen LogP contribution >= 0.6 is 0 Å². The van der Waals surface area contributed by atoms with Crippen molar-refractivity contribution < 1.29 is 69.0 Å². The average molecular weight is 1040 g/mol. The molecule has 398 valence electrons. The number of ether oxygens (including phenoxy) is 4. The van der Waals surface area contributed by atoms with Crippen LogP contribution in [0.5, 0.6) is 28.7 Å². The zero-order chi connectivity index (χ0) is 52.8. The van der Waals surface area contributed by atoms with Crippen LogP contribution < -0.4 is 36.0 Å². The first kappa shape index (κ1) is 49.9. The molecular formula is C57H60N4O15. The Balaban J connectivity index is 1.00. The van der Waals surface area contributed by atoms with Crippen molar-refractivity contribution in [2.75, 3.05) is 25.6 Å². The van der Waals surface area contributed by atoms with Gasteiger partial charge in [-0.25, -0.2) is 4.79 Å². The molecule has 0 amide bonds. The first-order valence-electron chi connectivity index (χ1n) is 25.9. The SMILES string of the molecule is Nc1ccc(C(O)C(CO)Oc2ccc(-c3cc(=O)c4c(O)c(OC56CCCC5CCCc5c(O)cccc56)c(OC5OC(C(=O)O)C6(O)C(C7CNCN7)C7=C(CCc8ccccc8C7)C5(O)C6O)cc4o3)cc2)[nH]1. The van der Waals surface area contributed by atoms with E-state index in [4.69, 9.17) is 29.1 Å². The summed E-state index contributed by atoms with van der Waals surface area (Å²) in [7, 11) is 0. The van der Waals surface area contributed by atoms with E-state index in [2.05, 4.69) is 15.6 Å². The Bertz CT molecular complexity index is 3330. The van der Waals surface area contributed by atoms with Crippen molar-refractivity contribution in [3.05, 3.63) is 140 Å². The summed E-state index contributed by atoms with van der Waals surface area (Å²) in [5, 5.41) is 101. The van der Waals surface area contributed by atoms with Crippen LogP contribution in [-0.4, -0.2) is 113 Å². The van der Waals surface area contributed by atoms with Gasteiger partial charge in [0.05, 0.1) is 6.61 Å². The number of carboxylic acids is 1. The van der Waals surface area contributed by atoms with Gasteiger partial charge in [-0.3, -0.25) is 10.1 Å². The number of aliphatic hydroxyl groups excluding tert-OH is 3. The van der Waals surface area contributed by atoms with E-state index in [1.165, 1.54) is 12.1 Å². The van der Waals surface area contributed by atoms with Crippen molar-refractivity contribution in [2.24, 2.45) is 11.8 Å². The molecule has 2 aliphatic heterocycles. The molecule has 11 atom stereocenters. The molecule has 19 heteroatoms. The highest BCUT2D eigenvalue weighted by molar-refractivity contribution is 5.90. The number of aryl methyl sites for hydroxylation is 1. The Morgan fingerprint density at radius 2 is 1.72 bits per heavy atom. The number of phenolic OH excluding ortho intramolecular Hbond substituents is 2. The highest BCUT2D eigenvalue weighted by Crippen LogP contribution is 2.59. The van der Waals surface area contributed by atoms with Gasteiger partial charge in [-0.05, 0) is 117 Å². The lowest BCUT2D eigenvalue weighted by atomic mass is 9.56. The number of benzene rings is 4. The van der Waals surface area contributed by atoms with Gasteiger partial charge in [-0.1, -0.05) is 42.0 Å². The van der Waals surface area contributed by atoms with E-state index in [0.29, 0.717) is 84.7 Å². The highest BCUT2D eigenvalue weighted by Gasteiger charge is 2.74. The number of aliphatic carboxylic acids is 1. The Morgan fingerprint density at radius 3 is 2.46 bits per heavy atom. The zero-order valence-electron chi connectivity index (χ0n) is 41.3. The van der Waals surface area contributed by atoms with Gasteiger partial charge in [-0.2, -0.15) is 0 Å². The second-order valence-electron chi connectivity index (χ2n) is 21.1. The monoisotopic (exact) mass is 1040 g/mol. The summed E-state index contributed by atoms with van der Waals surface area (Å²) < 4.78 is 32.7. The molecule has 4 heterocycles. The van der Waals surface area contributed by atoms with Gasteiger partial charge < -0.3 is 80.3 Å². The molecule has 4 aromatic carbocycles. The molecule has 12 rings (SSSR count). The van der Waals surface area contributed by atoms with Crippen LogP contribution in [0.25, 0.3) is 22.3 Å². The summed E-state index contributed by atoms with van der Waals surface area (Å²) in [6.45, 7) is 0.121. The number of nitrogens with one attached hydrogen (secondary N) is 3. The largest absolute Gasteiger partial charge is 0.508 e. The summed E-state index contributed by atoms with van der Waals surface area (Å²) in [4.78, 5) is 30.9. The average Bonchev–Trinajstić information content (AvgIpc) is 4.15. The van der Waals surface area contributed by atoms with Crippen LogP contribution in [0.1, 0.15) is 72.6 Å². The van der Waals surface area contributed by atoms with Crippen LogP contribution in [0.2, 0.25) is 0 Å². The van der Waals surface area contributed by atoms with Crippen LogP contribution in [0.4, 0.5) is 5.82 Å². The fraction of sp³-hybridized carbons (Fsp3) is 0.404. The van der Waals surface area contributed by atoms with E-state index in [-0.39, 0.29) is 58.5 Å². The third-order valence-corrected chi connectivity index (χ3v) is 17.0. The van der Waals surface area contributed by atoms with E-state index in [9.17, 15) is 50.4 Å². The molecule has 1 saturated carbocycles. The Morgan fingerprint density at radius 1 is 0.934 bits per heavy atom. The molecule has 6 aliphatic rings. The predicted octanol–water partition coefficient (Wildman–Crippen LogP) is 4.31. The summed E-state index contributed by atoms with van der Waals surface area (Å²) in [5.41, 5.74) is 3.28. The molecule has 0 radical (unpaired) electrons. The number of phenols is 2. The second kappa shape index (κ2) is 19.0. The molecule has 0 spiro atoms. The number of fused-ring (bicyclic) bond motifs is 8. The molecule has 2 saturated heterocycles. The number of nitrogens with two attached hydrogens (primary N) is 1. The first-order chi connectivity index (χ1) is 36.6. The maximum atomic E-state index is 14.5. The molecule has 2 bridgehead atoms. The number of hydrogen-bond donors (Lipinski definition) is 12. The number of carboxylic acid groups (broad SMARTS) is 1. The Hall–Kier alpha value is -6.94. The lowest BCUT2D eigenvalue weighted by Gasteiger charge is -2.60. The van der Waals surface area contributed by atoms with Crippen LogP contribution in [0.3, 0.4) is 0 Å². The molecule has 6 aromatic rings. The van der Waals surface area contributed by atoms with Gasteiger partial charge in [0, 0.05) is 65.6 Å². The number of anilines is 1. The predicted molar refractivity (Wildman–Crippen MR) is 274 cm³/mol. The topological polar surface area (TPSA) is 312 Å². The van der Waals surface area contributed by atoms with E-state index in [0.717, 1.165) is 24.0 Å². The zero-order valence-corrected chi connectivity index (χ0v) is 41.3. The van der Waals surface area contributed by atoms with Gasteiger partial charge in [0.25, 0.3) is 0 Å². The fourth-order valence-corrected chi connectivity index (χ4v) is 13.5. The van der Waals surface area contributed by atoms with Crippen molar-refractivity contribution in [2.45, 2.75) is 111 Å². The number of aliphatic hydroxyl groups is 5. The second-order valence-corrected chi connectivity index (χ2v) is 21.1. The Kier molecular flexibility index (Phi) is 12.4. The number of aromatic nitrogens is 1. The molecule has 2 aromatic heterocycles. The van der Waals surface area contributed by atoms with E-state index in [1.807, 2.05) is 30.3 Å². The van der Waals surface area contributed by atoms with Crippen molar-refractivity contribution in [3.63, 3.8) is 0 Å². The molecule has 11 unspecified atom stereocenters. The van der Waals surface area contributed by atoms with Crippen LogP contribution in [0, 0.1) is 11.8 Å². The molecule has 76 heavy (non-hydrogen) atoms. The molecule has 13 N–H and O–H groups in total. The summed E-state index contributed by atoms with van der Waals surface area (Å²) in [6, 6.07) is 24.3. The van der Waals surface area contributed by atoms with E-state index >= 15 is 0 Å². The number of H-pyrrole nitrogens is 1. The summed E-state index contributed by atoms with van der Waals surface area (Å²) in [6.07, 6.45) is -4.16. The third-order valence-electron chi connectivity index (χ3n) is 17.0. The highest BCUT2D eigenvalue weighted by atomic mass is 16.7. The van der Waals surface area contributed by atoms with Gasteiger partial charge >= 0.3 is 5.97 Å². The van der Waals surface area contributed by atoms with Crippen LogP contribution in [-0.2, 0) is 34.4 Å². The number of carbonyl (C=O) groups is 1. The van der Waals surface area contributed by atoms with Crippen molar-refractivity contribution in [1.82, 2.24) is 15.6 Å². The lowest BCUT2D eigenvalue weighted by molar-refractivity contribution is -0.348. The van der Waals surface area contributed by atoms with E-state index < -0.39 is 83.2 Å². The number of aromatic amines is 1. The lowest BCUT2D eigenvalue weighted by Crippen LogP contribution is -2.81. The maximum absolute atomic E-state index is 14.5. The van der Waals surface area contributed by atoms with Gasteiger partial charge in [-0.15, -0.1) is 0 Å². The minimum atomic E-state index is -2.62. The third kappa shape index (κ3) is 7.85. The number of aromatic hydroxyl groups is 2. The standard InChI is InChI=1S/C57H60N4O15/c58-45-20-19-37(61-45)48(65)44(26-62)72-32-16-13-29(14-17-32)41-23-40(64)46-42(73-41)24-43(50(49(46)66)76-55-21-5-9-31(55)8-3-10-33-35(55)11-4-12-39(33)63)74-54-56(70)36-18-15-28-6-1-2-7-30(28)22-34(36)47(38-25-59-27-60-38)57(71,53(56)69)51(75-54)52(67)68/h1-2,4,6-7,11-14,16-17,19-20,23-24,31,38,44,47-48,51,53-54,59-63,65-66,69-71H,3,5,8-10,15,18,21-22,25-27,58H2,(H,67,68). The number of hydrogen-bond acceptors (Lipinski definition) is 17. The molecule has 3 fully saturated rings. The van der Waals surface area contributed by atoms with Crippen molar-refractivity contribution >= 4 is 22.8 Å². The smallest absolute Gasteiger partial charge is 0.336 e. The van der Waals surface area contributed by atoms with Gasteiger partial charge in [0.2, 0.25) is 12.0 Å². The van der Waals surface area contributed by atoms with Crippen molar-refractivity contribution in [1.29, 1.82) is 0 Å². The quantitative estimate of drug-likeness (QED) is 0.0760. The van der Waals surface area contributed by atoms with Crippen molar-refractivity contribution in [3.8, 4) is 40.1 Å². The molecule has 19 nitrogen and oxygen atoms in total. The molecular weight excluding hydrogens is 981 g/mol. The number of rotatable bonds is 12. The first-order valence-corrected chi connectivity index (χ1v) is 25.9. The van der Waals surface area contributed by atoms with Gasteiger partial charge in [0.1, 0.15) is 57.5 Å². The minimum absolute atomic E-state index is 0.0337. The fourth-order valence-electron chi connectivity index (χ4n) is 13.5. The molecule has 4 aliphatic carbocycles. The number of nitrogen functional groups attached to an aromatic ring is 1. The summed E-state index contributed by atoms with van der Waals surface area (Å²) >= 11 is 0. The minimum Gasteiger partial charge on any atom is -0.508 e. The maximum Gasteiger partial charge on any atom is 0.336 e. The van der Waals surface area contributed by atoms with Gasteiger partial charge in [0.15, 0.2) is 34.7 Å². The van der Waals surface area contributed by atoms with E-state index in [1.54, 1.807) is 48.5 Å². The van der Waals surface area contributed by atoms with Crippen LogP contribution in [0.15, 0.2) is 111 Å².